The van der Waals surface area contributed by atoms with Crippen LogP contribution < -0.4 is 0 Å². The topological polar surface area (TPSA) is 12.9 Å². The Kier molecular flexibility index (Phi) is 3.33. The summed E-state index contributed by atoms with van der Waals surface area (Å²) in [6.07, 6.45) is -2.68. The summed E-state index contributed by atoms with van der Waals surface area (Å²) in [5.41, 5.74) is -0.338. The smallest absolute Gasteiger partial charge is 0.212 e. The highest BCUT2D eigenvalue weighted by molar-refractivity contribution is 14.1. The maximum absolute atomic E-state index is 12.7. The molecule has 1 nitrogen and oxygen atoms in total. The molecule has 0 fully saturated rings. The average molecular weight is 352 g/mol. The Balaban J connectivity index is 3.28. The quantitative estimate of drug-likeness (QED) is 0.557. The highest BCUT2D eigenvalue weighted by Gasteiger charge is 2.16. The fourth-order valence-corrected chi connectivity index (χ4v) is 1.56. The number of halogens is 5. The van der Waals surface area contributed by atoms with Crippen molar-refractivity contribution < 1.29 is 13.2 Å². The Morgan fingerprint density at radius 1 is 1.50 bits per heavy atom. The average Bonchev–Trinajstić information content (AvgIpc) is 1.96. The molecule has 1 heterocycles. The fraction of sp³-hybridized carbons (Fsp3) is 0.167. The lowest BCUT2D eigenvalue weighted by Crippen LogP contribution is -1.97. The molecule has 1 aromatic heterocycles. The number of hydrogen-bond donors (Lipinski definition) is 0. The fourth-order valence-electron chi connectivity index (χ4n) is 0.645. The number of pyridine rings is 1. The molecule has 0 aromatic carbocycles. The van der Waals surface area contributed by atoms with Gasteiger partial charge in [-0.25, -0.2) is 13.8 Å². The molecule has 1 aromatic rings. The van der Waals surface area contributed by atoms with Crippen LogP contribution in [0.1, 0.15) is 12.0 Å². The second-order valence-corrected chi connectivity index (χ2v) is 3.83. The first kappa shape index (κ1) is 10.2. The van der Waals surface area contributed by atoms with Gasteiger partial charge in [0.05, 0.1) is 3.57 Å². The molecule has 0 aliphatic heterocycles. The molecule has 0 N–H and O–H groups in total. The molecule has 0 aliphatic carbocycles. The van der Waals surface area contributed by atoms with Crippen LogP contribution in [-0.4, -0.2) is 4.98 Å². The first-order chi connectivity index (χ1) is 5.52. The van der Waals surface area contributed by atoms with E-state index in [1.165, 1.54) is 22.6 Å². The maximum Gasteiger partial charge on any atom is 0.265 e. The zero-order valence-electron chi connectivity index (χ0n) is 5.49. The van der Waals surface area contributed by atoms with Crippen molar-refractivity contribution in [2.45, 2.75) is 6.43 Å². The third-order valence-electron chi connectivity index (χ3n) is 1.15. The molecule has 0 amide bonds. The van der Waals surface area contributed by atoms with Crippen molar-refractivity contribution in [1.82, 2.24) is 4.98 Å². The number of rotatable bonds is 1. The van der Waals surface area contributed by atoms with E-state index in [0.29, 0.717) is 0 Å². The minimum Gasteiger partial charge on any atom is -0.212 e. The van der Waals surface area contributed by atoms with E-state index in [1.807, 2.05) is 0 Å². The van der Waals surface area contributed by atoms with Gasteiger partial charge in [0, 0.05) is 5.56 Å². The SMILES string of the molecule is Fc1nc(Br)cc(C(F)F)c1I. The lowest BCUT2D eigenvalue weighted by atomic mass is 10.3. The van der Waals surface area contributed by atoms with Crippen molar-refractivity contribution in [3.05, 3.63) is 25.8 Å². The molecule has 0 atom stereocenters. The lowest BCUT2D eigenvalue weighted by molar-refractivity contribution is 0.149. The van der Waals surface area contributed by atoms with Crippen LogP contribution in [0.2, 0.25) is 0 Å². The zero-order chi connectivity index (χ0) is 9.30. The molecule has 0 bridgehead atoms. The third-order valence-corrected chi connectivity index (χ3v) is 2.62. The van der Waals surface area contributed by atoms with Crippen LogP contribution in [0.5, 0.6) is 0 Å². The van der Waals surface area contributed by atoms with Gasteiger partial charge in [-0.05, 0) is 44.6 Å². The molecular weight excluding hydrogens is 350 g/mol. The minimum absolute atomic E-state index is 0.0794. The largest absolute Gasteiger partial charge is 0.265 e. The predicted octanol–water partition coefficient (Wildman–Crippen LogP) is 3.53. The number of hydrogen-bond acceptors (Lipinski definition) is 1. The standard InChI is InChI=1S/C6H2BrF3IN/c7-3-1-2(5(8)9)4(11)6(10)12-3/h1,5H. The summed E-state index contributed by atoms with van der Waals surface area (Å²) in [5, 5.41) is 0. The van der Waals surface area contributed by atoms with E-state index in [1.54, 1.807) is 0 Å². The van der Waals surface area contributed by atoms with E-state index in [4.69, 9.17) is 0 Å². The second kappa shape index (κ2) is 3.91. The van der Waals surface area contributed by atoms with Crippen molar-refractivity contribution in [3.8, 4) is 0 Å². The van der Waals surface area contributed by atoms with Gasteiger partial charge in [-0.3, -0.25) is 0 Å². The third kappa shape index (κ3) is 2.09. The summed E-state index contributed by atoms with van der Waals surface area (Å²) < 4.78 is 37.0. The van der Waals surface area contributed by atoms with E-state index in [9.17, 15) is 13.2 Å². The molecule has 0 spiro atoms. The Morgan fingerprint density at radius 2 is 2.08 bits per heavy atom. The predicted molar refractivity (Wildman–Crippen MR) is 49.6 cm³/mol. The Hall–Kier alpha value is 0.150. The molecule has 1 rings (SSSR count). The van der Waals surface area contributed by atoms with Crippen LogP contribution >= 0.6 is 38.5 Å². The van der Waals surface area contributed by atoms with Crippen molar-refractivity contribution in [2.75, 3.05) is 0 Å². The molecule has 0 aliphatic rings. The first-order valence-electron chi connectivity index (χ1n) is 2.82. The lowest BCUT2D eigenvalue weighted by Gasteiger charge is -2.03. The Labute approximate surface area is 88.6 Å². The van der Waals surface area contributed by atoms with E-state index in [0.717, 1.165) is 6.07 Å². The van der Waals surface area contributed by atoms with Crippen LogP contribution in [0.15, 0.2) is 10.7 Å². The van der Waals surface area contributed by atoms with Gasteiger partial charge in [0.2, 0.25) is 5.95 Å². The number of nitrogens with zero attached hydrogens (tertiary/aromatic N) is 1. The number of alkyl halides is 2. The summed E-state index contributed by atoms with van der Waals surface area (Å²) >= 11 is 4.33. The summed E-state index contributed by atoms with van der Waals surface area (Å²) in [7, 11) is 0. The molecule has 66 valence electrons. The van der Waals surface area contributed by atoms with E-state index in [-0.39, 0.29) is 13.7 Å². The molecular formula is C6H2BrF3IN. The van der Waals surface area contributed by atoms with Crippen LogP contribution in [0.25, 0.3) is 0 Å². The highest BCUT2D eigenvalue weighted by Crippen LogP contribution is 2.27. The monoisotopic (exact) mass is 351 g/mol. The summed E-state index contributed by atoms with van der Waals surface area (Å²) in [6, 6.07) is 1.11. The van der Waals surface area contributed by atoms with Gasteiger partial charge in [0.1, 0.15) is 4.60 Å². The van der Waals surface area contributed by atoms with Gasteiger partial charge in [-0.1, -0.05) is 0 Å². The normalized spacial score (nSPS) is 10.8. The van der Waals surface area contributed by atoms with Crippen LogP contribution in [0, 0.1) is 9.52 Å². The highest BCUT2D eigenvalue weighted by atomic mass is 127. The van der Waals surface area contributed by atoms with Crippen molar-refractivity contribution in [2.24, 2.45) is 0 Å². The Bertz CT molecular complexity index is 305. The second-order valence-electron chi connectivity index (χ2n) is 1.94. The van der Waals surface area contributed by atoms with Crippen molar-refractivity contribution >= 4 is 38.5 Å². The molecule has 6 heteroatoms. The van der Waals surface area contributed by atoms with Gasteiger partial charge in [0.25, 0.3) is 6.43 Å². The van der Waals surface area contributed by atoms with Crippen molar-refractivity contribution in [1.29, 1.82) is 0 Å². The van der Waals surface area contributed by atoms with Crippen LogP contribution in [0.4, 0.5) is 13.2 Å². The summed E-state index contributed by atoms with van der Waals surface area (Å²) in [4.78, 5) is 3.33. The molecule has 0 saturated carbocycles. The van der Waals surface area contributed by atoms with Gasteiger partial charge >= 0.3 is 0 Å². The van der Waals surface area contributed by atoms with E-state index >= 15 is 0 Å². The molecule has 0 radical (unpaired) electrons. The van der Waals surface area contributed by atoms with Gasteiger partial charge in [-0.15, -0.1) is 0 Å². The summed E-state index contributed by atoms with van der Waals surface area (Å²) in [6.45, 7) is 0. The molecule has 0 saturated heterocycles. The number of aromatic nitrogens is 1. The molecule has 12 heavy (non-hydrogen) atoms. The van der Waals surface area contributed by atoms with E-state index < -0.39 is 12.4 Å². The van der Waals surface area contributed by atoms with Crippen LogP contribution in [0.3, 0.4) is 0 Å². The van der Waals surface area contributed by atoms with Gasteiger partial charge in [-0.2, -0.15) is 4.39 Å². The molecule has 0 unspecified atom stereocenters. The van der Waals surface area contributed by atoms with Gasteiger partial charge in [0.15, 0.2) is 0 Å². The maximum atomic E-state index is 12.7. The van der Waals surface area contributed by atoms with Crippen LogP contribution in [-0.2, 0) is 0 Å². The minimum atomic E-state index is -2.68. The van der Waals surface area contributed by atoms with Gasteiger partial charge < -0.3 is 0 Å². The zero-order valence-corrected chi connectivity index (χ0v) is 9.24. The Morgan fingerprint density at radius 3 is 2.58 bits per heavy atom. The van der Waals surface area contributed by atoms with E-state index in [2.05, 4.69) is 20.9 Å². The first-order valence-corrected chi connectivity index (χ1v) is 4.69. The van der Waals surface area contributed by atoms with Crippen molar-refractivity contribution in [3.63, 3.8) is 0 Å². The summed E-state index contributed by atoms with van der Waals surface area (Å²) in [5.74, 6) is -0.875.